The van der Waals surface area contributed by atoms with Gasteiger partial charge in [0.15, 0.2) is 0 Å². The zero-order valence-corrected chi connectivity index (χ0v) is 11.1. The van der Waals surface area contributed by atoms with E-state index in [1.54, 1.807) is 6.92 Å². The van der Waals surface area contributed by atoms with Gasteiger partial charge in [-0.15, -0.1) is 0 Å². The molecule has 96 valence electrons. The Kier molecular flexibility index (Phi) is 3.24. The van der Waals surface area contributed by atoms with Gasteiger partial charge in [0.05, 0.1) is 11.5 Å². The third kappa shape index (κ3) is 2.17. The number of Topliss-reactive ketones (excluding diaryl/α,β-unsaturated/α-hetero) is 1. The standard InChI is InChI=1S/C15H19NO2/c1-11(13-7-5-4-6-8-13)16-10-15(3,12(2)17)9-14(16)18/h4-8,11H,9-10H2,1-3H3/t11-,15-/m1/s1. The summed E-state index contributed by atoms with van der Waals surface area (Å²) >= 11 is 0. The van der Waals surface area contributed by atoms with Crippen LogP contribution in [0.1, 0.15) is 38.8 Å². The van der Waals surface area contributed by atoms with Crippen LogP contribution < -0.4 is 0 Å². The Morgan fingerprint density at radius 2 is 1.94 bits per heavy atom. The largest absolute Gasteiger partial charge is 0.335 e. The topological polar surface area (TPSA) is 37.4 Å². The molecule has 1 aromatic rings. The van der Waals surface area contributed by atoms with E-state index in [1.165, 1.54) is 0 Å². The van der Waals surface area contributed by atoms with Crippen molar-refractivity contribution in [2.75, 3.05) is 6.54 Å². The van der Waals surface area contributed by atoms with Crippen molar-refractivity contribution in [3.8, 4) is 0 Å². The highest BCUT2D eigenvalue weighted by atomic mass is 16.2. The molecule has 1 fully saturated rings. The molecular weight excluding hydrogens is 226 g/mol. The maximum Gasteiger partial charge on any atom is 0.224 e. The molecule has 0 aliphatic carbocycles. The number of likely N-dealkylation sites (tertiary alicyclic amines) is 1. The third-order valence-corrected chi connectivity index (χ3v) is 3.98. The molecule has 1 aromatic carbocycles. The molecule has 2 rings (SSSR count). The molecule has 2 atom stereocenters. The molecular formula is C15H19NO2. The molecule has 0 spiro atoms. The van der Waals surface area contributed by atoms with Gasteiger partial charge < -0.3 is 4.90 Å². The summed E-state index contributed by atoms with van der Waals surface area (Å²) in [5.74, 6) is 0.169. The highest BCUT2D eigenvalue weighted by Crippen LogP contribution is 2.36. The van der Waals surface area contributed by atoms with E-state index in [9.17, 15) is 9.59 Å². The highest BCUT2D eigenvalue weighted by molar-refractivity contribution is 5.92. The predicted molar refractivity (Wildman–Crippen MR) is 70.0 cm³/mol. The predicted octanol–water partition coefficient (Wildman–Crippen LogP) is 2.58. The summed E-state index contributed by atoms with van der Waals surface area (Å²) in [7, 11) is 0. The fourth-order valence-electron chi connectivity index (χ4n) is 2.46. The van der Waals surface area contributed by atoms with Gasteiger partial charge in [-0.05, 0) is 19.4 Å². The number of carbonyl (C=O) groups is 2. The Morgan fingerprint density at radius 3 is 2.44 bits per heavy atom. The second-order valence-corrected chi connectivity index (χ2v) is 5.40. The van der Waals surface area contributed by atoms with Crippen LogP contribution in [0.5, 0.6) is 0 Å². The van der Waals surface area contributed by atoms with Gasteiger partial charge in [-0.25, -0.2) is 0 Å². The number of hydrogen-bond donors (Lipinski definition) is 0. The van der Waals surface area contributed by atoms with Crippen LogP contribution in [0.4, 0.5) is 0 Å². The lowest BCUT2D eigenvalue weighted by molar-refractivity contribution is -0.130. The quantitative estimate of drug-likeness (QED) is 0.820. The number of benzene rings is 1. The summed E-state index contributed by atoms with van der Waals surface area (Å²) in [5.41, 5.74) is 0.596. The van der Waals surface area contributed by atoms with Crippen LogP contribution in [0, 0.1) is 5.41 Å². The molecule has 18 heavy (non-hydrogen) atoms. The lowest BCUT2D eigenvalue weighted by Gasteiger charge is -2.27. The average molecular weight is 245 g/mol. The van der Waals surface area contributed by atoms with Gasteiger partial charge >= 0.3 is 0 Å². The van der Waals surface area contributed by atoms with Crippen LogP contribution in [0.2, 0.25) is 0 Å². The zero-order valence-electron chi connectivity index (χ0n) is 11.1. The highest BCUT2D eigenvalue weighted by Gasteiger charge is 2.44. The van der Waals surface area contributed by atoms with Gasteiger partial charge in [-0.2, -0.15) is 0 Å². The van der Waals surface area contributed by atoms with Crippen molar-refractivity contribution in [1.29, 1.82) is 0 Å². The minimum atomic E-state index is -0.514. The second kappa shape index (κ2) is 4.56. The molecule has 0 aromatic heterocycles. The smallest absolute Gasteiger partial charge is 0.224 e. The maximum absolute atomic E-state index is 12.1. The van der Waals surface area contributed by atoms with Crippen molar-refractivity contribution < 1.29 is 9.59 Å². The first kappa shape index (κ1) is 12.8. The van der Waals surface area contributed by atoms with Crippen molar-refractivity contribution in [1.82, 2.24) is 4.90 Å². The van der Waals surface area contributed by atoms with Crippen LogP contribution in [-0.2, 0) is 9.59 Å². The molecule has 1 amide bonds. The number of hydrogen-bond acceptors (Lipinski definition) is 2. The summed E-state index contributed by atoms with van der Waals surface area (Å²) in [6, 6.07) is 9.96. The third-order valence-electron chi connectivity index (χ3n) is 3.98. The van der Waals surface area contributed by atoms with Crippen LogP contribution in [0.15, 0.2) is 30.3 Å². The molecule has 0 bridgehead atoms. The van der Waals surface area contributed by atoms with Crippen molar-refractivity contribution in [2.45, 2.75) is 33.2 Å². The van der Waals surface area contributed by atoms with E-state index in [1.807, 2.05) is 49.1 Å². The van der Waals surface area contributed by atoms with Crippen LogP contribution in [-0.4, -0.2) is 23.1 Å². The van der Waals surface area contributed by atoms with Crippen molar-refractivity contribution in [3.63, 3.8) is 0 Å². The Bertz CT molecular complexity index is 469. The van der Waals surface area contributed by atoms with Gasteiger partial charge in [0.1, 0.15) is 5.78 Å². The van der Waals surface area contributed by atoms with Crippen molar-refractivity contribution in [2.24, 2.45) is 5.41 Å². The minimum Gasteiger partial charge on any atom is -0.335 e. The number of rotatable bonds is 3. The van der Waals surface area contributed by atoms with E-state index in [2.05, 4.69) is 0 Å². The molecule has 1 aliphatic rings. The molecule has 1 saturated heterocycles. The number of nitrogens with zero attached hydrogens (tertiary/aromatic N) is 1. The Labute approximate surface area is 108 Å². The molecule has 0 N–H and O–H groups in total. The van der Waals surface area contributed by atoms with Gasteiger partial charge in [0.2, 0.25) is 5.91 Å². The summed E-state index contributed by atoms with van der Waals surface area (Å²) in [6.07, 6.45) is 0.333. The van der Waals surface area contributed by atoms with E-state index < -0.39 is 5.41 Å². The van der Waals surface area contributed by atoms with Gasteiger partial charge in [0.25, 0.3) is 0 Å². The summed E-state index contributed by atoms with van der Waals surface area (Å²) in [5, 5.41) is 0. The van der Waals surface area contributed by atoms with Gasteiger partial charge in [-0.3, -0.25) is 9.59 Å². The van der Waals surface area contributed by atoms with E-state index >= 15 is 0 Å². The molecule has 0 saturated carbocycles. The Hall–Kier alpha value is -1.64. The van der Waals surface area contributed by atoms with Crippen LogP contribution in [0.3, 0.4) is 0 Å². The summed E-state index contributed by atoms with van der Waals surface area (Å²) in [6.45, 7) is 5.99. The number of ketones is 1. The number of amides is 1. The van der Waals surface area contributed by atoms with Gasteiger partial charge in [-0.1, -0.05) is 37.3 Å². The molecule has 3 heteroatoms. The molecule has 0 radical (unpaired) electrons. The normalized spacial score (nSPS) is 25.3. The lowest BCUT2D eigenvalue weighted by Crippen LogP contribution is -2.32. The Morgan fingerprint density at radius 1 is 1.33 bits per heavy atom. The fraction of sp³-hybridized carbons (Fsp3) is 0.467. The van der Waals surface area contributed by atoms with E-state index in [0.717, 1.165) is 5.56 Å². The first-order chi connectivity index (χ1) is 8.44. The first-order valence-electron chi connectivity index (χ1n) is 6.29. The summed E-state index contributed by atoms with van der Waals surface area (Å²) in [4.78, 5) is 25.5. The van der Waals surface area contributed by atoms with E-state index in [-0.39, 0.29) is 17.7 Å². The minimum absolute atomic E-state index is 0.0277. The average Bonchev–Trinajstić information content (AvgIpc) is 2.66. The lowest BCUT2D eigenvalue weighted by atomic mass is 9.85. The van der Waals surface area contributed by atoms with Crippen molar-refractivity contribution in [3.05, 3.63) is 35.9 Å². The van der Waals surface area contributed by atoms with E-state index in [4.69, 9.17) is 0 Å². The first-order valence-corrected chi connectivity index (χ1v) is 6.29. The van der Waals surface area contributed by atoms with E-state index in [0.29, 0.717) is 13.0 Å². The monoisotopic (exact) mass is 245 g/mol. The fourth-order valence-corrected chi connectivity index (χ4v) is 2.46. The molecule has 3 nitrogen and oxygen atoms in total. The van der Waals surface area contributed by atoms with Crippen molar-refractivity contribution >= 4 is 11.7 Å². The van der Waals surface area contributed by atoms with Crippen LogP contribution in [0.25, 0.3) is 0 Å². The SMILES string of the molecule is CC(=O)[C@]1(C)CC(=O)N([C@H](C)c2ccccc2)C1. The molecule has 0 unspecified atom stereocenters. The van der Waals surface area contributed by atoms with Crippen LogP contribution >= 0.6 is 0 Å². The zero-order chi connectivity index (χ0) is 13.3. The molecule has 1 heterocycles. The molecule has 1 aliphatic heterocycles. The maximum atomic E-state index is 12.1. The second-order valence-electron chi connectivity index (χ2n) is 5.40. The van der Waals surface area contributed by atoms with Gasteiger partial charge in [0, 0.05) is 13.0 Å². The number of carbonyl (C=O) groups excluding carboxylic acids is 2. The Balaban J connectivity index is 2.21. The summed E-state index contributed by atoms with van der Waals surface area (Å²) < 4.78 is 0.